The molecule has 1 aliphatic heterocycles. The Hall–Kier alpha value is -3.19. The number of nitrogens with zero attached hydrogens (tertiary/aromatic N) is 3. The molecule has 1 aliphatic rings. The van der Waals surface area contributed by atoms with Gasteiger partial charge in [0, 0.05) is 30.9 Å². The second kappa shape index (κ2) is 9.34. The van der Waals surface area contributed by atoms with E-state index in [4.69, 9.17) is 9.26 Å². The number of hydrogen-bond acceptors (Lipinski definition) is 6. The summed E-state index contributed by atoms with van der Waals surface area (Å²) in [6.07, 6.45) is 1.76. The van der Waals surface area contributed by atoms with Crippen molar-refractivity contribution in [2.45, 2.75) is 12.8 Å². The van der Waals surface area contributed by atoms with E-state index >= 15 is 0 Å². The molecule has 3 aromatic rings. The fourth-order valence-corrected chi connectivity index (χ4v) is 3.29. The average molecular weight is 392 g/mol. The number of hydrogen-bond donors (Lipinski definition) is 1. The topological polar surface area (TPSA) is 80.5 Å². The average Bonchev–Trinajstić information content (AvgIpc) is 3.29. The number of morpholine rings is 1. The standard InChI is InChI=1S/C22H24N4O3/c27-21(23-12-4-7-17-5-2-1-3-6-17)22-24-20(25-29-22)18-8-10-19(11-9-18)26-13-15-28-16-14-26/h1-3,5-6,8-11H,4,7,12-16H2,(H,23,27). The second-order valence-corrected chi connectivity index (χ2v) is 6.91. The summed E-state index contributed by atoms with van der Waals surface area (Å²) in [5.41, 5.74) is 3.20. The Balaban J connectivity index is 1.29. The molecule has 7 nitrogen and oxygen atoms in total. The summed E-state index contributed by atoms with van der Waals surface area (Å²) in [7, 11) is 0. The molecule has 1 N–H and O–H groups in total. The van der Waals surface area contributed by atoms with Crippen LogP contribution < -0.4 is 10.2 Å². The van der Waals surface area contributed by atoms with Crippen molar-refractivity contribution in [1.29, 1.82) is 0 Å². The number of aromatic nitrogens is 2. The third-order valence-electron chi connectivity index (χ3n) is 4.89. The quantitative estimate of drug-likeness (QED) is 0.623. The van der Waals surface area contributed by atoms with Crippen molar-refractivity contribution in [2.75, 3.05) is 37.7 Å². The van der Waals surface area contributed by atoms with Crippen molar-refractivity contribution >= 4 is 11.6 Å². The summed E-state index contributed by atoms with van der Waals surface area (Å²) in [6.45, 7) is 3.82. The molecule has 1 amide bonds. The van der Waals surface area contributed by atoms with Crippen LogP contribution in [0.1, 0.15) is 22.7 Å². The number of amides is 1. The lowest BCUT2D eigenvalue weighted by molar-refractivity contribution is 0.0909. The first-order valence-electron chi connectivity index (χ1n) is 9.88. The minimum absolute atomic E-state index is 0.0167. The lowest BCUT2D eigenvalue weighted by Crippen LogP contribution is -2.36. The predicted molar refractivity (Wildman–Crippen MR) is 110 cm³/mol. The molecule has 1 aromatic heterocycles. The van der Waals surface area contributed by atoms with Gasteiger partial charge in [-0.15, -0.1) is 0 Å². The van der Waals surface area contributed by atoms with E-state index in [2.05, 4.69) is 32.5 Å². The lowest BCUT2D eigenvalue weighted by atomic mass is 10.1. The number of carbonyl (C=O) groups is 1. The molecule has 0 bridgehead atoms. The predicted octanol–water partition coefficient (Wildman–Crippen LogP) is 2.94. The zero-order chi connectivity index (χ0) is 19.9. The number of rotatable bonds is 7. The third-order valence-corrected chi connectivity index (χ3v) is 4.89. The molecule has 2 aromatic carbocycles. The number of ether oxygens (including phenoxy) is 1. The molecule has 0 aliphatic carbocycles. The molecule has 0 unspecified atom stereocenters. The van der Waals surface area contributed by atoms with Gasteiger partial charge >= 0.3 is 11.8 Å². The van der Waals surface area contributed by atoms with Crippen molar-refractivity contribution in [3.05, 3.63) is 66.1 Å². The van der Waals surface area contributed by atoms with Crippen LogP contribution in [-0.2, 0) is 11.2 Å². The van der Waals surface area contributed by atoms with Crippen molar-refractivity contribution in [3.63, 3.8) is 0 Å². The van der Waals surface area contributed by atoms with Gasteiger partial charge in [-0.25, -0.2) is 0 Å². The van der Waals surface area contributed by atoms with Gasteiger partial charge in [0.1, 0.15) is 0 Å². The molecule has 0 saturated carbocycles. The molecule has 7 heteroatoms. The molecular formula is C22H24N4O3. The molecular weight excluding hydrogens is 368 g/mol. The second-order valence-electron chi connectivity index (χ2n) is 6.91. The van der Waals surface area contributed by atoms with Gasteiger partial charge in [-0.2, -0.15) is 4.98 Å². The fraction of sp³-hybridized carbons (Fsp3) is 0.318. The fourth-order valence-electron chi connectivity index (χ4n) is 3.29. The van der Waals surface area contributed by atoms with Gasteiger partial charge < -0.3 is 19.5 Å². The van der Waals surface area contributed by atoms with Gasteiger partial charge in [0.25, 0.3) is 0 Å². The first-order valence-corrected chi connectivity index (χ1v) is 9.88. The van der Waals surface area contributed by atoms with Crippen LogP contribution in [0.5, 0.6) is 0 Å². The van der Waals surface area contributed by atoms with Gasteiger partial charge in [-0.3, -0.25) is 4.79 Å². The van der Waals surface area contributed by atoms with E-state index in [9.17, 15) is 4.79 Å². The van der Waals surface area contributed by atoms with Gasteiger partial charge in [0.2, 0.25) is 5.82 Å². The molecule has 1 fully saturated rings. The molecule has 29 heavy (non-hydrogen) atoms. The van der Waals surface area contributed by atoms with Crippen LogP contribution in [0, 0.1) is 0 Å². The maximum atomic E-state index is 12.2. The monoisotopic (exact) mass is 392 g/mol. The maximum Gasteiger partial charge on any atom is 0.316 e. The van der Waals surface area contributed by atoms with Crippen LogP contribution in [-0.4, -0.2) is 48.9 Å². The first kappa shape index (κ1) is 19.1. The van der Waals surface area contributed by atoms with Gasteiger partial charge in [-0.05, 0) is 42.7 Å². The molecule has 150 valence electrons. The molecule has 1 saturated heterocycles. The number of nitrogens with one attached hydrogen (secondary N) is 1. The smallest absolute Gasteiger partial charge is 0.316 e. The number of carbonyl (C=O) groups excluding carboxylic acids is 1. The maximum absolute atomic E-state index is 12.2. The molecule has 0 atom stereocenters. The van der Waals surface area contributed by atoms with Crippen molar-refractivity contribution in [3.8, 4) is 11.4 Å². The van der Waals surface area contributed by atoms with Crippen LogP contribution >= 0.6 is 0 Å². The van der Waals surface area contributed by atoms with E-state index < -0.39 is 0 Å². The minimum atomic E-state index is -0.346. The third kappa shape index (κ3) is 5.00. The van der Waals surface area contributed by atoms with Gasteiger partial charge in [0.15, 0.2) is 0 Å². The van der Waals surface area contributed by atoms with Crippen LogP contribution in [0.15, 0.2) is 59.1 Å². The minimum Gasteiger partial charge on any atom is -0.378 e. The summed E-state index contributed by atoms with van der Waals surface area (Å²) in [5.74, 6) is 0.0479. The summed E-state index contributed by atoms with van der Waals surface area (Å²) < 4.78 is 10.5. The van der Waals surface area contributed by atoms with Crippen LogP contribution in [0.3, 0.4) is 0 Å². The molecule has 0 spiro atoms. The van der Waals surface area contributed by atoms with Crippen LogP contribution in [0.4, 0.5) is 5.69 Å². The van der Waals surface area contributed by atoms with Crippen molar-refractivity contribution in [1.82, 2.24) is 15.5 Å². The lowest BCUT2D eigenvalue weighted by Gasteiger charge is -2.28. The highest BCUT2D eigenvalue weighted by atomic mass is 16.5. The van der Waals surface area contributed by atoms with Crippen molar-refractivity contribution in [2.24, 2.45) is 0 Å². The highest BCUT2D eigenvalue weighted by molar-refractivity contribution is 5.89. The van der Waals surface area contributed by atoms with E-state index in [1.54, 1.807) is 0 Å². The SMILES string of the molecule is O=C(NCCCc1ccccc1)c1nc(-c2ccc(N3CCOCC3)cc2)no1. The summed E-state index contributed by atoms with van der Waals surface area (Å²) >= 11 is 0. The van der Waals surface area contributed by atoms with Crippen molar-refractivity contribution < 1.29 is 14.1 Å². The first-order chi connectivity index (χ1) is 14.3. The number of aryl methyl sites for hydroxylation is 1. The Morgan fingerprint density at radius 3 is 2.55 bits per heavy atom. The largest absolute Gasteiger partial charge is 0.378 e. The Labute approximate surface area is 169 Å². The van der Waals surface area contributed by atoms with Gasteiger partial charge in [0.05, 0.1) is 13.2 Å². The molecule has 0 radical (unpaired) electrons. The zero-order valence-corrected chi connectivity index (χ0v) is 16.2. The van der Waals surface area contributed by atoms with E-state index in [1.165, 1.54) is 5.56 Å². The Bertz CT molecular complexity index is 919. The van der Waals surface area contributed by atoms with E-state index in [0.717, 1.165) is 50.4 Å². The van der Waals surface area contributed by atoms with E-state index in [-0.39, 0.29) is 11.8 Å². The normalized spacial score (nSPS) is 14.0. The van der Waals surface area contributed by atoms with E-state index in [1.807, 2.05) is 42.5 Å². The van der Waals surface area contributed by atoms with Crippen LogP contribution in [0.25, 0.3) is 11.4 Å². The summed E-state index contributed by atoms with van der Waals surface area (Å²) in [6, 6.07) is 18.1. The molecule has 2 heterocycles. The Kier molecular flexibility index (Phi) is 6.16. The summed E-state index contributed by atoms with van der Waals surface area (Å²) in [5, 5.41) is 6.78. The zero-order valence-electron chi connectivity index (χ0n) is 16.2. The number of anilines is 1. The molecule has 4 rings (SSSR count). The highest BCUT2D eigenvalue weighted by Gasteiger charge is 2.16. The van der Waals surface area contributed by atoms with Gasteiger partial charge in [-0.1, -0.05) is 35.5 Å². The highest BCUT2D eigenvalue weighted by Crippen LogP contribution is 2.22. The Morgan fingerprint density at radius 2 is 1.79 bits per heavy atom. The van der Waals surface area contributed by atoms with Crippen LogP contribution in [0.2, 0.25) is 0 Å². The Morgan fingerprint density at radius 1 is 1.03 bits per heavy atom. The number of benzene rings is 2. The summed E-state index contributed by atoms with van der Waals surface area (Å²) in [4.78, 5) is 18.7. The van der Waals surface area contributed by atoms with E-state index in [0.29, 0.717) is 12.4 Å².